The minimum Gasteiger partial charge on any atom is -0.352 e. The SMILES string of the molecule is Cc1c[nH]c2ncnc(N3CCN(C(=O)Nc4cccc(C(=O)NCCN(C)C)c4)[C@@H](C)C3)c12. The molecule has 180 valence electrons. The molecule has 4 rings (SSSR count). The van der Waals surface area contributed by atoms with Gasteiger partial charge >= 0.3 is 6.03 Å². The van der Waals surface area contributed by atoms with E-state index in [-0.39, 0.29) is 18.0 Å². The second-order valence-corrected chi connectivity index (χ2v) is 8.95. The Morgan fingerprint density at radius 3 is 2.82 bits per heavy atom. The quantitative estimate of drug-likeness (QED) is 0.517. The molecule has 1 aromatic carbocycles. The third-order valence-corrected chi connectivity index (χ3v) is 6.06. The summed E-state index contributed by atoms with van der Waals surface area (Å²) >= 11 is 0. The van der Waals surface area contributed by atoms with Crippen LogP contribution in [0.3, 0.4) is 0 Å². The summed E-state index contributed by atoms with van der Waals surface area (Å²) in [4.78, 5) is 43.5. The van der Waals surface area contributed by atoms with Gasteiger partial charge in [-0.05, 0) is 51.7 Å². The maximum absolute atomic E-state index is 13.0. The Kier molecular flexibility index (Phi) is 6.97. The Labute approximate surface area is 199 Å². The van der Waals surface area contributed by atoms with Gasteiger partial charge in [0.15, 0.2) is 0 Å². The third-order valence-electron chi connectivity index (χ3n) is 6.06. The molecule has 10 nitrogen and oxygen atoms in total. The topological polar surface area (TPSA) is 109 Å². The largest absolute Gasteiger partial charge is 0.352 e. The van der Waals surface area contributed by atoms with Crippen LogP contribution in [0.2, 0.25) is 0 Å². The van der Waals surface area contributed by atoms with Gasteiger partial charge in [-0.25, -0.2) is 14.8 Å². The number of rotatable bonds is 6. The number of hydrogen-bond acceptors (Lipinski definition) is 6. The van der Waals surface area contributed by atoms with Crippen LogP contribution in [0, 0.1) is 6.92 Å². The summed E-state index contributed by atoms with van der Waals surface area (Å²) in [6.45, 7) is 7.29. The summed E-state index contributed by atoms with van der Waals surface area (Å²) in [5.74, 6) is 0.736. The molecule has 3 N–H and O–H groups in total. The number of aromatic amines is 1. The van der Waals surface area contributed by atoms with Crippen molar-refractivity contribution in [3.8, 4) is 0 Å². The molecule has 0 aliphatic carbocycles. The minimum atomic E-state index is -0.178. The fraction of sp³-hybridized carbons (Fsp3) is 0.417. The Balaban J connectivity index is 1.38. The molecule has 0 unspecified atom stereocenters. The molecule has 34 heavy (non-hydrogen) atoms. The summed E-state index contributed by atoms with van der Waals surface area (Å²) in [6.07, 6.45) is 3.51. The van der Waals surface area contributed by atoms with E-state index in [9.17, 15) is 9.59 Å². The second kappa shape index (κ2) is 10.1. The summed E-state index contributed by atoms with van der Waals surface area (Å²) in [7, 11) is 3.91. The van der Waals surface area contributed by atoms with Gasteiger partial charge < -0.3 is 30.3 Å². The van der Waals surface area contributed by atoms with Crippen molar-refractivity contribution in [1.82, 2.24) is 30.1 Å². The van der Waals surface area contributed by atoms with Gasteiger partial charge in [0.1, 0.15) is 17.8 Å². The number of carbonyl (C=O) groups is 2. The average Bonchev–Trinajstić information content (AvgIpc) is 3.20. The van der Waals surface area contributed by atoms with E-state index in [2.05, 4.69) is 30.5 Å². The lowest BCUT2D eigenvalue weighted by Crippen LogP contribution is -2.55. The van der Waals surface area contributed by atoms with E-state index in [4.69, 9.17) is 0 Å². The van der Waals surface area contributed by atoms with Gasteiger partial charge in [0.25, 0.3) is 5.91 Å². The number of aryl methyl sites for hydroxylation is 1. The van der Waals surface area contributed by atoms with E-state index in [0.29, 0.717) is 37.4 Å². The summed E-state index contributed by atoms with van der Waals surface area (Å²) in [5, 5.41) is 6.87. The fourth-order valence-electron chi connectivity index (χ4n) is 4.22. The van der Waals surface area contributed by atoms with Crippen LogP contribution in [0.4, 0.5) is 16.3 Å². The third kappa shape index (κ3) is 5.12. The minimum absolute atomic E-state index is 0.0180. The van der Waals surface area contributed by atoms with Crippen molar-refractivity contribution in [3.05, 3.63) is 47.9 Å². The number of urea groups is 1. The van der Waals surface area contributed by atoms with Crippen molar-refractivity contribution in [2.75, 3.05) is 57.0 Å². The molecule has 1 aliphatic rings. The van der Waals surface area contributed by atoms with Crippen LogP contribution in [0.1, 0.15) is 22.8 Å². The number of likely N-dealkylation sites (N-methyl/N-ethyl adjacent to an activating group) is 1. The van der Waals surface area contributed by atoms with Crippen molar-refractivity contribution in [3.63, 3.8) is 0 Å². The van der Waals surface area contributed by atoms with E-state index < -0.39 is 0 Å². The molecule has 3 amide bonds. The first-order chi connectivity index (χ1) is 16.3. The summed E-state index contributed by atoms with van der Waals surface area (Å²) in [6, 6.07) is 6.82. The first-order valence-electron chi connectivity index (χ1n) is 11.5. The van der Waals surface area contributed by atoms with Crippen LogP contribution < -0.4 is 15.5 Å². The van der Waals surface area contributed by atoms with Crippen LogP contribution in [-0.4, -0.2) is 89.6 Å². The lowest BCUT2D eigenvalue weighted by atomic mass is 10.1. The molecule has 0 spiro atoms. The smallest absolute Gasteiger partial charge is 0.322 e. The number of nitrogens with zero attached hydrogens (tertiary/aromatic N) is 5. The van der Waals surface area contributed by atoms with E-state index in [1.807, 2.05) is 43.9 Å². The predicted molar refractivity (Wildman–Crippen MR) is 133 cm³/mol. The molecule has 3 heterocycles. The number of anilines is 2. The van der Waals surface area contributed by atoms with Gasteiger partial charge in [-0.3, -0.25) is 4.79 Å². The van der Waals surface area contributed by atoms with Gasteiger partial charge in [0, 0.05) is 56.2 Å². The van der Waals surface area contributed by atoms with Gasteiger partial charge in [-0.1, -0.05) is 6.07 Å². The molecule has 3 aromatic rings. The average molecular weight is 465 g/mol. The number of fused-ring (bicyclic) bond motifs is 1. The number of hydrogen-bond donors (Lipinski definition) is 3. The van der Waals surface area contributed by atoms with Crippen molar-refractivity contribution in [2.45, 2.75) is 19.9 Å². The Bertz CT molecular complexity index is 1170. The van der Waals surface area contributed by atoms with Gasteiger partial charge in [0.05, 0.1) is 5.39 Å². The molecule has 10 heteroatoms. The van der Waals surface area contributed by atoms with Crippen molar-refractivity contribution >= 4 is 34.5 Å². The highest BCUT2D eigenvalue weighted by Crippen LogP contribution is 2.27. The summed E-state index contributed by atoms with van der Waals surface area (Å²) in [5.41, 5.74) is 3.04. The highest BCUT2D eigenvalue weighted by molar-refractivity contribution is 5.97. The normalized spacial score (nSPS) is 16.2. The molecule has 0 bridgehead atoms. The molecular weight excluding hydrogens is 432 g/mol. The van der Waals surface area contributed by atoms with Gasteiger partial charge in [-0.15, -0.1) is 0 Å². The first-order valence-corrected chi connectivity index (χ1v) is 11.5. The first kappa shape index (κ1) is 23.5. The standard InChI is InChI=1S/C24H32N8O2/c1-16-13-26-21-20(16)22(28-15-27-21)31-10-11-32(17(2)14-31)24(34)29-19-7-5-6-18(12-19)23(33)25-8-9-30(3)4/h5-7,12-13,15,17H,8-11,14H2,1-4H3,(H,25,33)(H,29,34)(H,26,27,28)/t17-/m0/s1. The number of nitrogens with one attached hydrogen (secondary N) is 3. The highest BCUT2D eigenvalue weighted by atomic mass is 16.2. The Hall–Kier alpha value is -3.66. The van der Waals surface area contributed by atoms with E-state index in [1.54, 1.807) is 30.6 Å². The maximum Gasteiger partial charge on any atom is 0.322 e. The van der Waals surface area contributed by atoms with E-state index in [1.165, 1.54) is 0 Å². The Morgan fingerprint density at radius 1 is 1.24 bits per heavy atom. The molecule has 0 radical (unpaired) electrons. The highest BCUT2D eigenvalue weighted by Gasteiger charge is 2.29. The van der Waals surface area contributed by atoms with Crippen LogP contribution in [0.5, 0.6) is 0 Å². The predicted octanol–water partition coefficient (Wildman–Crippen LogP) is 2.30. The number of amides is 3. The zero-order chi connectivity index (χ0) is 24.2. The van der Waals surface area contributed by atoms with Crippen LogP contribution >= 0.6 is 0 Å². The molecule has 0 saturated carbocycles. The van der Waals surface area contributed by atoms with Crippen LogP contribution in [0.25, 0.3) is 11.0 Å². The van der Waals surface area contributed by atoms with Gasteiger partial charge in [0.2, 0.25) is 0 Å². The number of benzene rings is 1. The molecule has 1 fully saturated rings. The van der Waals surface area contributed by atoms with Crippen LogP contribution in [0.15, 0.2) is 36.8 Å². The lowest BCUT2D eigenvalue weighted by Gasteiger charge is -2.40. The number of carbonyl (C=O) groups excluding carboxylic acids is 2. The molecular formula is C24H32N8O2. The lowest BCUT2D eigenvalue weighted by molar-refractivity contribution is 0.0951. The molecule has 1 saturated heterocycles. The zero-order valence-electron chi connectivity index (χ0n) is 20.1. The van der Waals surface area contributed by atoms with Crippen molar-refractivity contribution in [2.24, 2.45) is 0 Å². The second-order valence-electron chi connectivity index (χ2n) is 8.95. The number of aromatic nitrogens is 3. The molecule has 2 aromatic heterocycles. The summed E-state index contributed by atoms with van der Waals surface area (Å²) < 4.78 is 0. The molecule has 1 atom stereocenters. The zero-order valence-corrected chi connectivity index (χ0v) is 20.1. The van der Waals surface area contributed by atoms with Crippen LogP contribution in [-0.2, 0) is 0 Å². The Morgan fingerprint density at radius 2 is 2.06 bits per heavy atom. The monoisotopic (exact) mass is 464 g/mol. The van der Waals surface area contributed by atoms with E-state index >= 15 is 0 Å². The van der Waals surface area contributed by atoms with Gasteiger partial charge in [-0.2, -0.15) is 0 Å². The van der Waals surface area contributed by atoms with E-state index in [0.717, 1.165) is 29.0 Å². The van der Waals surface area contributed by atoms with Crippen molar-refractivity contribution in [1.29, 1.82) is 0 Å². The fourth-order valence-corrected chi connectivity index (χ4v) is 4.22. The maximum atomic E-state index is 13.0. The number of H-pyrrole nitrogens is 1. The molecule has 1 aliphatic heterocycles. The number of piperazine rings is 1. The van der Waals surface area contributed by atoms with Crippen molar-refractivity contribution < 1.29 is 9.59 Å².